The first kappa shape index (κ1) is 52.2. The zero-order valence-corrected chi connectivity index (χ0v) is 71.0. The van der Waals surface area contributed by atoms with Gasteiger partial charge >= 0.3 is 0 Å². The molecule has 0 saturated carbocycles. The molecule has 0 aliphatic heterocycles. The van der Waals surface area contributed by atoms with Crippen molar-refractivity contribution in [1.82, 2.24) is 0 Å². The average Bonchev–Trinajstić information content (AvgIpc) is 1.32. The Morgan fingerprint density at radius 3 is 0.815 bits per heavy atom. The van der Waals surface area contributed by atoms with Crippen LogP contribution in [0.25, 0.3) is 284 Å². The summed E-state index contributed by atoms with van der Waals surface area (Å²) in [6, 6.07) is 79.2. The Kier molecular flexibility index (Phi) is 12.2. The summed E-state index contributed by atoms with van der Waals surface area (Å²) in [5.74, 6) is 0. The summed E-state index contributed by atoms with van der Waals surface area (Å²) in [6.07, 6.45) is 0. The van der Waals surface area contributed by atoms with E-state index >= 15 is 0 Å². The number of rotatable bonds is 8. The third-order valence-corrected chi connectivity index (χ3v) is 26.2. The second-order valence-electron chi connectivity index (χ2n) is 33.4. The van der Waals surface area contributed by atoms with E-state index in [1.54, 1.807) is 18.2 Å². The molecule has 0 amide bonds. The van der Waals surface area contributed by atoms with Crippen LogP contribution in [0.5, 0.6) is 0 Å². The first-order chi connectivity index (χ1) is 79.8. The molecule has 0 unspecified atom stereocenters. The van der Waals surface area contributed by atoms with Crippen LogP contribution in [0.2, 0.25) is 0 Å². The van der Waals surface area contributed by atoms with E-state index in [0.29, 0.717) is 66.6 Å². The fourth-order valence-corrected chi connectivity index (χ4v) is 20.2. The minimum absolute atomic E-state index is 0.0233. The highest BCUT2D eigenvalue weighted by atomic mass is 16.3. The van der Waals surface area contributed by atoms with Gasteiger partial charge < -0.3 is 13.3 Å². The van der Waals surface area contributed by atoms with Gasteiger partial charge in [-0.05, 0) is 279 Å². The first-order valence-electron chi connectivity index (χ1n) is 59.4. The Morgan fingerprint density at radius 2 is 0.400 bits per heavy atom. The summed E-state index contributed by atoms with van der Waals surface area (Å²) < 4.78 is 297. The number of furan rings is 3. The van der Waals surface area contributed by atoms with Crippen LogP contribution in [0.3, 0.4) is 0 Å². The van der Waals surface area contributed by atoms with E-state index in [2.05, 4.69) is 48.5 Å². The lowest BCUT2D eigenvalue weighted by atomic mass is 9.84. The van der Waals surface area contributed by atoms with Gasteiger partial charge in [-0.2, -0.15) is 0 Å². The maximum Gasteiger partial charge on any atom is 0.136 e. The van der Waals surface area contributed by atoms with Crippen molar-refractivity contribution >= 4 is 195 Å². The summed E-state index contributed by atoms with van der Waals surface area (Å²) in [4.78, 5) is 0. The van der Waals surface area contributed by atoms with E-state index in [0.717, 1.165) is 125 Å². The van der Waals surface area contributed by atoms with Crippen LogP contribution in [-0.2, 0) is 0 Å². The van der Waals surface area contributed by atoms with Gasteiger partial charge in [0, 0.05) is 32.3 Å². The molecule has 0 fully saturated rings. The maximum atomic E-state index is 9.34. The zero-order valence-electron chi connectivity index (χ0n) is 102. The molecule has 0 saturated heterocycles. The van der Waals surface area contributed by atoms with Crippen LogP contribution in [0.15, 0.2) is 498 Å². The predicted octanol–water partition coefficient (Wildman–Crippen LogP) is 37.9. The van der Waals surface area contributed by atoms with Crippen LogP contribution in [-0.4, -0.2) is 0 Å². The van der Waals surface area contributed by atoms with Crippen molar-refractivity contribution in [3.05, 3.63) is 485 Å². The molecule has 0 atom stereocenters. The highest BCUT2D eigenvalue weighted by Crippen LogP contribution is 2.52. The van der Waals surface area contributed by atoms with Crippen molar-refractivity contribution in [3.63, 3.8) is 0 Å². The topological polar surface area (TPSA) is 39.4 Å². The van der Waals surface area contributed by atoms with Gasteiger partial charge in [-0.1, -0.05) is 424 Å². The van der Waals surface area contributed by atoms with Crippen molar-refractivity contribution in [3.8, 4) is 89.0 Å². The largest absolute Gasteiger partial charge is 0.456 e. The molecule has 135 heavy (non-hydrogen) atoms. The highest BCUT2D eigenvalue weighted by Gasteiger charge is 2.25. The van der Waals surface area contributed by atoms with E-state index < -0.39 is 155 Å². The standard InChI is InChI=1S/2C46H28O.C40H24O/c1-3-13-34-30(10-1)12-9-19-36(34)45-39-17-7-5-15-37(39)44(38-16-6-8-18-40(38)45)32-22-20-29(21-23-32)33-25-26-42-41(28-33)46-35-14-4-2-11-31(35)24-27-43(46)47-42;1-2-11-33-27-35(22-19-29(33)9-1)45-39-15-7-5-13-37(39)44(38-14-6-8-16-40(38)45)32-20-17-30(18-21-32)34-24-25-42-41(28-34)46-36-12-4-3-10-31(36)23-26-43(46)47-42;1-3-13-28-25(10-1)12-9-19-30(28)39-33-17-7-5-15-31(33)38(32-16-6-8-18-34(32)39)27-21-22-36-35(24-27)40-29-14-4-2-11-26(29)20-23-37(40)41-36/h2*1-28H;1-24H/i5D,6D,7D,8D,15D,16D,17D,18D;5D,6D,7D,8D,13D,14D,15D,16D;1D,3D,5D,6D,7D,8D,9D,10D,12D,13D,15D,16D,17D,18D,19D. The molecular weight excluding hydrogens is 1630 g/mol. The quantitative estimate of drug-likeness (QED) is 0.142. The van der Waals surface area contributed by atoms with Gasteiger partial charge in [-0.15, -0.1) is 0 Å². The summed E-state index contributed by atoms with van der Waals surface area (Å²) in [5.41, 5.74) is 11.1. The van der Waals surface area contributed by atoms with Gasteiger partial charge in [0.2, 0.25) is 0 Å². The number of benzene rings is 26. The SMILES string of the molecule is [2H]c1c([2H])c([2H])c2c(-c3c4c([2H])c([2H])c([2H])c([2H])c4c(-c4ccc5oc6ccc7ccccc7c6c5c4)c4c([2H])c([2H])c([2H])c([2H])c34)c([2H])c([2H])c([2H])c2c1[2H].[2H]c1c([2H])c([2H])c2c(-c3ccc4ccccc4c3)c3c([2H])c([2H])c([2H])c([2H])c3c(-c3ccc(-c4ccc5oc6ccc7ccccc7c6c5c4)cc3)c2c1[2H].[2H]c1c([2H])c([2H])c2c(-c3cccc4ccccc34)c3c([2H])c([2H])c([2H])c([2H])c3c(-c3ccc(-c4ccc5oc6ccc7ccccc7c6c5c4)cc3)c2c1[2H]. The second kappa shape index (κ2) is 31.5. The van der Waals surface area contributed by atoms with E-state index in [1.165, 1.54) is 0 Å². The Bertz CT molecular complexity index is 11700. The van der Waals surface area contributed by atoms with Crippen molar-refractivity contribution < 1.29 is 55.7 Å². The van der Waals surface area contributed by atoms with Crippen LogP contribution < -0.4 is 0 Å². The summed E-state index contributed by atoms with van der Waals surface area (Å²) in [7, 11) is 0. The number of hydrogen-bond acceptors (Lipinski definition) is 3. The molecule has 29 rings (SSSR count). The normalized spacial score (nSPS) is 15.1. The summed E-state index contributed by atoms with van der Waals surface area (Å²) in [6.45, 7) is 0. The van der Waals surface area contributed by atoms with Gasteiger partial charge in [0.05, 0.1) is 42.5 Å². The molecule has 0 aliphatic rings. The third kappa shape index (κ3) is 12.7. The van der Waals surface area contributed by atoms with Crippen LogP contribution in [0, 0.1) is 0 Å². The molecule has 3 nitrogen and oxygen atoms in total. The van der Waals surface area contributed by atoms with E-state index in [1.807, 2.05) is 231 Å². The minimum Gasteiger partial charge on any atom is -0.456 e. The lowest BCUT2D eigenvalue weighted by Crippen LogP contribution is -1.91. The van der Waals surface area contributed by atoms with Gasteiger partial charge in [-0.3, -0.25) is 0 Å². The number of hydrogen-bond donors (Lipinski definition) is 0. The van der Waals surface area contributed by atoms with Gasteiger partial charge in [-0.25, -0.2) is 0 Å². The lowest BCUT2D eigenvalue weighted by molar-refractivity contribution is 0.669. The fourth-order valence-electron chi connectivity index (χ4n) is 20.2. The predicted molar refractivity (Wildman–Crippen MR) is 575 cm³/mol. The van der Waals surface area contributed by atoms with Crippen LogP contribution in [0.4, 0.5) is 0 Å². The Morgan fingerprint density at radius 1 is 0.133 bits per heavy atom. The van der Waals surface area contributed by atoms with Gasteiger partial charge in [0.15, 0.2) is 0 Å². The average molecular weight is 1750 g/mol. The van der Waals surface area contributed by atoms with Crippen molar-refractivity contribution in [1.29, 1.82) is 0 Å². The molecule has 0 aliphatic carbocycles. The summed E-state index contributed by atoms with van der Waals surface area (Å²) >= 11 is 0. The van der Waals surface area contributed by atoms with E-state index in [9.17, 15) is 17.8 Å². The first-order valence-corrected chi connectivity index (χ1v) is 43.9. The molecule has 0 spiro atoms. The maximum absolute atomic E-state index is 9.34. The molecular formula is C132H80O3. The molecule has 0 radical (unpaired) electrons. The molecule has 29 aromatic rings. The smallest absolute Gasteiger partial charge is 0.136 e. The van der Waals surface area contributed by atoms with E-state index in [-0.39, 0.29) is 124 Å². The molecule has 626 valence electrons. The fraction of sp³-hybridized carbons (Fsp3) is 0. The molecule has 3 heteroatoms. The highest BCUT2D eigenvalue weighted by molar-refractivity contribution is 6.29. The van der Waals surface area contributed by atoms with Crippen molar-refractivity contribution in [2.24, 2.45) is 0 Å². The van der Waals surface area contributed by atoms with Gasteiger partial charge in [0.1, 0.15) is 33.5 Å². The lowest BCUT2D eigenvalue weighted by Gasteiger charge is -2.19. The molecule has 3 aromatic heterocycles. The monoisotopic (exact) mass is 1740 g/mol. The minimum atomic E-state index is -0.755. The Labute approximate surface area is 820 Å². The second-order valence-corrected chi connectivity index (χ2v) is 33.4. The summed E-state index contributed by atoms with van der Waals surface area (Å²) in [5, 5.41) is 15.0. The van der Waals surface area contributed by atoms with E-state index in [4.69, 9.17) is 37.9 Å². The van der Waals surface area contributed by atoms with Gasteiger partial charge in [0.25, 0.3) is 0 Å². The number of fused-ring (bicyclic) bond motifs is 24. The zero-order chi connectivity index (χ0) is 116. The molecule has 3 heterocycles. The van der Waals surface area contributed by atoms with Crippen molar-refractivity contribution in [2.45, 2.75) is 0 Å². The Hall–Kier alpha value is -17.8. The Balaban J connectivity index is 0.000000119. The van der Waals surface area contributed by atoms with Crippen LogP contribution in [0.1, 0.15) is 42.5 Å². The van der Waals surface area contributed by atoms with Crippen molar-refractivity contribution in [2.75, 3.05) is 0 Å². The molecule has 0 N–H and O–H groups in total. The molecule has 0 bridgehead atoms. The van der Waals surface area contributed by atoms with Crippen LogP contribution >= 0.6 is 0 Å². The molecule has 26 aromatic carbocycles. The third-order valence-electron chi connectivity index (χ3n) is 26.2.